The quantitative estimate of drug-likeness (QED) is 0.101. The Morgan fingerprint density at radius 1 is 1.07 bits per heavy atom. The Hall–Kier alpha value is -1.92. The molecule has 0 spiro atoms. The first kappa shape index (κ1) is 23.4. The zero-order chi connectivity index (χ0) is 21.6. The minimum atomic E-state index is -2.13. The van der Waals surface area contributed by atoms with Crippen LogP contribution in [0, 0.1) is 23.8 Å². The van der Waals surface area contributed by atoms with E-state index in [1.54, 1.807) is 47.5 Å². The van der Waals surface area contributed by atoms with Crippen LogP contribution in [0.1, 0.15) is 5.76 Å². The van der Waals surface area contributed by atoms with Crippen molar-refractivity contribution in [2.24, 2.45) is 0 Å². The van der Waals surface area contributed by atoms with E-state index < -0.39 is 23.1 Å². The van der Waals surface area contributed by atoms with Crippen LogP contribution in [-0.2, 0) is 18.2 Å². The number of benzene rings is 2. The number of phenols is 1. The van der Waals surface area contributed by atoms with Crippen LogP contribution in [0.15, 0.2) is 64.7 Å². The van der Waals surface area contributed by atoms with Gasteiger partial charge in [0, 0.05) is 17.7 Å². The second-order valence-corrected chi connectivity index (χ2v) is 16.8. The topological polar surface area (TPSA) is 69.1 Å². The number of non-ortho nitro benzene ring substituents is 1. The number of aromatic hydroxyl groups is 1. The van der Waals surface area contributed by atoms with Crippen molar-refractivity contribution in [3.8, 4) is 17.1 Å². The van der Waals surface area contributed by atoms with E-state index in [1.807, 2.05) is 12.1 Å². The SMILES string of the molecule is C=[N+]([CH-]c1ccc(-c2ccc([N+](=O)[O-])cc2)[o+]1[CH2-])c1ccccc1O.[Cl][Zr]([Cl])[Cl]. The van der Waals surface area contributed by atoms with Gasteiger partial charge in [0.15, 0.2) is 11.4 Å². The molecule has 0 amide bonds. The summed E-state index contributed by atoms with van der Waals surface area (Å²) < 4.78 is 4.17. The van der Waals surface area contributed by atoms with Crippen LogP contribution in [0.3, 0.4) is 0 Å². The average molecular weight is 534 g/mol. The third-order valence-electron chi connectivity index (χ3n) is 3.79. The summed E-state index contributed by atoms with van der Waals surface area (Å²) in [5.74, 6) is 1.54. The molecule has 1 heterocycles. The van der Waals surface area contributed by atoms with Crippen molar-refractivity contribution in [2.75, 3.05) is 0 Å². The zero-order valence-corrected chi connectivity index (χ0v) is 19.7. The number of furan rings is 1. The molecule has 3 rings (SSSR count). The molecular formula is C19H16Cl3N2O4Zr. The van der Waals surface area contributed by atoms with Gasteiger partial charge in [-0.15, -0.1) is 0 Å². The summed E-state index contributed by atoms with van der Waals surface area (Å²) in [6.45, 7) is 5.62. The summed E-state index contributed by atoms with van der Waals surface area (Å²) in [6, 6.07) is 16.8. The fourth-order valence-electron chi connectivity index (χ4n) is 2.47. The van der Waals surface area contributed by atoms with Gasteiger partial charge in [-0.1, -0.05) is 36.4 Å². The summed E-state index contributed by atoms with van der Waals surface area (Å²) in [7, 11) is 18.9. The molecule has 0 fully saturated rings. The molecule has 2 aromatic carbocycles. The van der Waals surface area contributed by atoms with E-state index in [0.717, 1.165) is 11.3 Å². The van der Waals surface area contributed by atoms with Crippen molar-refractivity contribution in [2.45, 2.75) is 0 Å². The number of hydrogen-bond donors (Lipinski definition) is 1. The molecule has 29 heavy (non-hydrogen) atoms. The second-order valence-electron chi connectivity index (χ2n) is 5.60. The molecule has 0 bridgehead atoms. The van der Waals surface area contributed by atoms with Crippen LogP contribution < -0.4 is 0 Å². The number of halogens is 3. The predicted octanol–water partition coefficient (Wildman–Crippen LogP) is 6.51. The van der Waals surface area contributed by atoms with Gasteiger partial charge in [0.2, 0.25) is 0 Å². The van der Waals surface area contributed by atoms with E-state index >= 15 is 0 Å². The van der Waals surface area contributed by atoms with E-state index in [1.165, 1.54) is 12.1 Å². The molecule has 0 saturated carbocycles. The van der Waals surface area contributed by atoms with Gasteiger partial charge < -0.3 is 9.15 Å². The van der Waals surface area contributed by atoms with E-state index in [4.69, 9.17) is 25.5 Å². The molecule has 6 nitrogen and oxygen atoms in total. The van der Waals surface area contributed by atoms with Crippen molar-refractivity contribution >= 4 is 43.6 Å². The van der Waals surface area contributed by atoms with Gasteiger partial charge in [-0.05, 0) is 12.1 Å². The van der Waals surface area contributed by atoms with Gasteiger partial charge >= 0.3 is 43.7 Å². The van der Waals surface area contributed by atoms with Gasteiger partial charge in [-0.25, -0.2) is 0 Å². The summed E-state index contributed by atoms with van der Waals surface area (Å²) in [5.41, 5.74) is 1.37. The van der Waals surface area contributed by atoms with Gasteiger partial charge in [0.05, 0.1) is 18.8 Å². The van der Waals surface area contributed by atoms with Crippen LogP contribution in [0.25, 0.3) is 11.3 Å². The molecule has 0 aliphatic heterocycles. The standard InChI is InChI=1S/C19H16N2O4.3ClH.Zr/c1-20(17-5-3-4-6-18(17)22)13-16-11-12-19(25(16)2)14-7-9-15(10-8-14)21(23)24;;;;/h3-13,22H,1-2H2;3*1H;/q;;;;+3/p-3. The van der Waals surface area contributed by atoms with Crippen LogP contribution in [-0.4, -0.2) is 21.3 Å². The first-order chi connectivity index (χ1) is 13.7. The molecule has 0 atom stereocenters. The molecular weight excluding hydrogens is 518 g/mol. The van der Waals surface area contributed by atoms with Crippen LogP contribution in [0.5, 0.6) is 5.75 Å². The summed E-state index contributed by atoms with van der Waals surface area (Å²) in [4.78, 5) is 10.3. The average Bonchev–Trinajstić information content (AvgIpc) is 3.02. The summed E-state index contributed by atoms with van der Waals surface area (Å²) in [5, 5.41) is 20.6. The first-order valence-corrected chi connectivity index (χ1v) is 17.5. The predicted molar refractivity (Wildman–Crippen MR) is 112 cm³/mol. The molecule has 1 N–H and O–H groups in total. The monoisotopic (exact) mass is 531 g/mol. The first-order valence-electron chi connectivity index (χ1n) is 7.97. The molecule has 1 aromatic heterocycles. The molecule has 151 valence electrons. The van der Waals surface area contributed by atoms with Gasteiger partial charge in [0.25, 0.3) is 5.69 Å². The van der Waals surface area contributed by atoms with Gasteiger partial charge in [0.1, 0.15) is 18.1 Å². The van der Waals surface area contributed by atoms with Crippen molar-refractivity contribution in [3.05, 3.63) is 90.2 Å². The van der Waals surface area contributed by atoms with Crippen LogP contribution in [0.4, 0.5) is 11.4 Å². The van der Waals surface area contributed by atoms with Crippen molar-refractivity contribution in [1.82, 2.24) is 0 Å². The third-order valence-corrected chi connectivity index (χ3v) is 3.79. The van der Waals surface area contributed by atoms with E-state index in [9.17, 15) is 15.2 Å². The number of para-hydroxylation sites is 2. The number of rotatable bonds is 5. The molecule has 3 aromatic rings. The third kappa shape index (κ3) is 6.54. The fraction of sp³-hybridized carbons (Fsp3) is 0. The molecule has 0 aliphatic rings. The Bertz CT molecular complexity index is 1000. The molecule has 0 radical (unpaired) electrons. The van der Waals surface area contributed by atoms with Gasteiger partial charge in [-0.2, -0.15) is 0 Å². The number of nitrogens with zero attached hydrogens (tertiary/aromatic N) is 2. The Labute approximate surface area is 186 Å². The second kappa shape index (κ2) is 10.7. The number of hydrogen-bond acceptors (Lipinski definition) is 3. The Kier molecular flexibility index (Phi) is 8.66. The van der Waals surface area contributed by atoms with Crippen molar-refractivity contribution < 1.29 is 36.8 Å². The molecule has 10 heteroatoms. The summed E-state index contributed by atoms with van der Waals surface area (Å²) >= 11 is -2.13. The van der Waals surface area contributed by atoms with Gasteiger partial charge in [-0.3, -0.25) is 14.7 Å². The van der Waals surface area contributed by atoms with Crippen LogP contribution in [0.2, 0.25) is 0 Å². The van der Waals surface area contributed by atoms with Crippen molar-refractivity contribution in [1.29, 1.82) is 0 Å². The van der Waals surface area contributed by atoms with E-state index in [2.05, 4.69) is 17.9 Å². The van der Waals surface area contributed by atoms with E-state index in [-0.39, 0.29) is 11.4 Å². The van der Waals surface area contributed by atoms with Crippen LogP contribution >= 0.6 is 25.5 Å². The Morgan fingerprint density at radius 2 is 1.66 bits per heavy atom. The maximum atomic E-state index is 10.7. The van der Waals surface area contributed by atoms with Crippen molar-refractivity contribution in [3.63, 3.8) is 0 Å². The Balaban J connectivity index is 0.000000687. The Morgan fingerprint density at radius 3 is 2.21 bits per heavy atom. The summed E-state index contributed by atoms with van der Waals surface area (Å²) in [6.07, 6.45) is 0. The number of nitro benzene ring substituents is 1. The number of phenolic OH excluding ortho intramolecular Hbond substituents is 1. The molecule has 0 saturated heterocycles. The molecule has 0 aliphatic carbocycles. The minimum absolute atomic E-state index is 0.0335. The number of nitro groups is 1. The van der Waals surface area contributed by atoms with E-state index in [0.29, 0.717) is 11.4 Å². The normalized spacial score (nSPS) is 9.90. The fourth-order valence-corrected chi connectivity index (χ4v) is 2.47. The molecule has 0 unspecified atom stereocenters. The maximum absolute atomic E-state index is 10.7. The zero-order valence-electron chi connectivity index (χ0n) is 15.0.